The standard InChI is InChI=1S/C21H27NO3/c1-16(2)19(22-15-23)11-9-17-10-12-20(24-3)21(13-17)25-14-18-7-5-4-6-8-18/h4-8,10,12-13,15-16,19H,9,11,14H2,1-3H3,(H,22,23). The second kappa shape index (κ2) is 9.72. The van der Waals surface area contributed by atoms with Crippen LogP contribution in [0.3, 0.4) is 0 Å². The number of hydrogen-bond donors (Lipinski definition) is 1. The van der Waals surface area contributed by atoms with Gasteiger partial charge in [0.1, 0.15) is 6.61 Å². The topological polar surface area (TPSA) is 47.6 Å². The third-order valence-corrected chi connectivity index (χ3v) is 4.30. The summed E-state index contributed by atoms with van der Waals surface area (Å²) in [6, 6.07) is 16.2. The molecule has 0 fully saturated rings. The van der Waals surface area contributed by atoms with Gasteiger partial charge in [0, 0.05) is 6.04 Å². The van der Waals surface area contributed by atoms with Crippen molar-refractivity contribution >= 4 is 6.41 Å². The van der Waals surface area contributed by atoms with Gasteiger partial charge in [0.2, 0.25) is 6.41 Å². The van der Waals surface area contributed by atoms with Crippen LogP contribution >= 0.6 is 0 Å². The maximum absolute atomic E-state index is 10.7. The van der Waals surface area contributed by atoms with Crippen LogP contribution in [0.15, 0.2) is 48.5 Å². The molecular weight excluding hydrogens is 314 g/mol. The zero-order valence-corrected chi connectivity index (χ0v) is 15.2. The molecule has 0 aliphatic heterocycles. The van der Waals surface area contributed by atoms with Gasteiger partial charge in [-0.2, -0.15) is 0 Å². The number of ether oxygens (including phenoxy) is 2. The van der Waals surface area contributed by atoms with Gasteiger partial charge in [-0.3, -0.25) is 4.79 Å². The van der Waals surface area contributed by atoms with Crippen molar-refractivity contribution in [3.8, 4) is 11.5 Å². The van der Waals surface area contributed by atoms with Crippen molar-refractivity contribution in [2.45, 2.75) is 39.3 Å². The Balaban J connectivity index is 2.04. The maximum Gasteiger partial charge on any atom is 0.207 e. The Kier molecular flexibility index (Phi) is 7.33. The SMILES string of the molecule is COc1ccc(CCC(NC=O)C(C)C)cc1OCc1ccccc1. The van der Waals surface area contributed by atoms with Gasteiger partial charge >= 0.3 is 0 Å². The number of aryl methyl sites for hydroxylation is 1. The van der Waals surface area contributed by atoms with Crippen LogP contribution in [0, 0.1) is 5.92 Å². The molecule has 134 valence electrons. The monoisotopic (exact) mass is 341 g/mol. The number of methoxy groups -OCH3 is 1. The first-order chi connectivity index (χ1) is 12.1. The summed E-state index contributed by atoms with van der Waals surface area (Å²) in [5.74, 6) is 1.87. The molecule has 0 spiro atoms. The first-order valence-corrected chi connectivity index (χ1v) is 8.67. The minimum atomic E-state index is 0.174. The molecule has 1 unspecified atom stereocenters. The average molecular weight is 341 g/mol. The molecule has 0 aliphatic rings. The van der Waals surface area contributed by atoms with Crippen molar-refractivity contribution in [3.05, 3.63) is 59.7 Å². The zero-order valence-electron chi connectivity index (χ0n) is 15.2. The summed E-state index contributed by atoms with van der Waals surface area (Å²) in [4.78, 5) is 10.7. The molecule has 0 heterocycles. The highest BCUT2D eigenvalue weighted by molar-refractivity contribution is 5.47. The van der Waals surface area contributed by atoms with Gasteiger partial charge in [0.15, 0.2) is 11.5 Å². The lowest BCUT2D eigenvalue weighted by molar-refractivity contribution is -0.110. The smallest absolute Gasteiger partial charge is 0.207 e. The van der Waals surface area contributed by atoms with E-state index in [0.717, 1.165) is 36.3 Å². The summed E-state index contributed by atoms with van der Waals surface area (Å²) in [5.41, 5.74) is 2.28. The molecule has 1 amide bonds. The molecule has 25 heavy (non-hydrogen) atoms. The van der Waals surface area contributed by atoms with Crippen LogP contribution in [0.1, 0.15) is 31.4 Å². The van der Waals surface area contributed by atoms with Crippen molar-refractivity contribution in [1.82, 2.24) is 5.32 Å². The van der Waals surface area contributed by atoms with Gasteiger partial charge in [0.05, 0.1) is 7.11 Å². The van der Waals surface area contributed by atoms with E-state index in [1.54, 1.807) is 7.11 Å². The van der Waals surface area contributed by atoms with E-state index in [9.17, 15) is 4.79 Å². The van der Waals surface area contributed by atoms with Gasteiger partial charge in [-0.05, 0) is 42.0 Å². The number of carbonyl (C=O) groups excluding carboxylic acids is 1. The van der Waals surface area contributed by atoms with Crippen molar-refractivity contribution in [3.63, 3.8) is 0 Å². The molecule has 4 nitrogen and oxygen atoms in total. The second-order valence-corrected chi connectivity index (χ2v) is 6.43. The Labute approximate surface area is 150 Å². The molecule has 4 heteroatoms. The summed E-state index contributed by atoms with van der Waals surface area (Å²) in [7, 11) is 1.65. The van der Waals surface area contributed by atoms with Crippen molar-refractivity contribution < 1.29 is 14.3 Å². The molecule has 0 saturated carbocycles. The van der Waals surface area contributed by atoms with E-state index in [1.807, 2.05) is 48.5 Å². The van der Waals surface area contributed by atoms with Crippen molar-refractivity contribution in [2.24, 2.45) is 5.92 Å². The largest absolute Gasteiger partial charge is 0.493 e. The molecule has 1 N–H and O–H groups in total. The van der Waals surface area contributed by atoms with E-state index in [-0.39, 0.29) is 6.04 Å². The number of nitrogens with one attached hydrogen (secondary N) is 1. The summed E-state index contributed by atoms with van der Waals surface area (Å²) >= 11 is 0. The van der Waals surface area contributed by atoms with Crippen LogP contribution in [-0.2, 0) is 17.8 Å². The molecule has 0 aliphatic carbocycles. The normalized spacial score (nSPS) is 11.8. The summed E-state index contributed by atoms with van der Waals surface area (Å²) in [6.45, 7) is 4.73. The van der Waals surface area contributed by atoms with Crippen LogP contribution < -0.4 is 14.8 Å². The minimum Gasteiger partial charge on any atom is -0.493 e. The molecule has 0 saturated heterocycles. The number of carbonyl (C=O) groups is 1. The first-order valence-electron chi connectivity index (χ1n) is 8.67. The van der Waals surface area contributed by atoms with Gasteiger partial charge in [-0.1, -0.05) is 50.2 Å². The van der Waals surface area contributed by atoms with Gasteiger partial charge in [-0.25, -0.2) is 0 Å². The number of hydrogen-bond acceptors (Lipinski definition) is 3. The fourth-order valence-electron chi connectivity index (χ4n) is 2.74. The van der Waals surface area contributed by atoms with Crippen LogP contribution in [0.4, 0.5) is 0 Å². The lowest BCUT2D eigenvalue weighted by atomic mass is 9.96. The molecular formula is C21H27NO3. The Bertz CT molecular complexity index is 655. The van der Waals surface area contributed by atoms with E-state index in [1.165, 1.54) is 5.56 Å². The molecule has 0 radical (unpaired) electrons. The summed E-state index contributed by atoms with van der Waals surface area (Å²) in [5, 5.41) is 2.90. The fourth-order valence-corrected chi connectivity index (χ4v) is 2.74. The second-order valence-electron chi connectivity index (χ2n) is 6.43. The Morgan fingerprint density at radius 3 is 2.44 bits per heavy atom. The predicted octanol–water partition coefficient (Wildman–Crippen LogP) is 3.98. The third kappa shape index (κ3) is 5.82. The first kappa shape index (κ1) is 18.8. The predicted molar refractivity (Wildman–Crippen MR) is 99.9 cm³/mol. The van der Waals surface area contributed by atoms with Crippen LogP contribution in [0.5, 0.6) is 11.5 Å². The van der Waals surface area contributed by atoms with E-state index >= 15 is 0 Å². The van der Waals surface area contributed by atoms with Gasteiger partial charge < -0.3 is 14.8 Å². The van der Waals surface area contributed by atoms with Crippen LogP contribution in [0.25, 0.3) is 0 Å². The number of rotatable bonds is 10. The van der Waals surface area contributed by atoms with Crippen molar-refractivity contribution in [2.75, 3.05) is 7.11 Å². The van der Waals surface area contributed by atoms with Crippen LogP contribution in [0.2, 0.25) is 0 Å². The van der Waals surface area contributed by atoms with Gasteiger partial charge in [-0.15, -0.1) is 0 Å². The Hall–Kier alpha value is -2.49. The van der Waals surface area contributed by atoms with Crippen molar-refractivity contribution in [1.29, 1.82) is 0 Å². The third-order valence-electron chi connectivity index (χ3n) is 4.30. The van der Waals surface area contributed by atoms with Crippen LogP contribution in [-0.4, -0.2) is 19.6 Å². The zero-order chi connectivity index (χ0) is 18.1. The summed E-state index contributed by atoms with van der Waals surface area (Å²) in [6.07, 6.45) is 2.54. The molecule has 2 aromatic carbocycles. The molecule has 2 aromatic rings. The molecule has 2 rings (SSSR count). The van der Waals surface area contributed by atoms with Gasteiger partial charge in [0.25, 0.3) is 0 Å². The lowest BCUT2D eigenvalue weighted by Crippen LogP contribution is -2.33. The fraction of sp³-hybridized carbons (Fsp3) is 0.381. The highest BCUT2D eigenvalue weighted by Gasteiger charge is 2.13. The summed E-state index contributed by atoms with van der Waals surface area (Å²) < 4.78 is 11.4. The van der Waals surface area contributed by atoms with E-state index in [0.29, 0.717) is 12.5 Å². The molecule has 0 bridgehead atoms. The maximum atomic E-state index is 10.7. The van der Waals surface area contributed by atoms with E-state index in [4.69, 9.17) is 9.47 Å². The highest BCUT2D eigenvalue weighted by Crippen LogP contribution is 2.29. The average Bonchev–Trinajstić information content (AvgIpc) is 2.64. The Morgan fingerprint density at radius 2 is 1.80 bits per heavy atom. The number of amides is 1. The quantitative estimate of drug-likeness (QED) is 0.665. The van der Waals surface area contributed by atoms with E-state index < -0.39 is 0 Å². The molecule has 0 aromatic heterocycles. The highest BCUT2D eigenvalue weighted by atomic mass is 16.5. The minimum absolute atomic E-state index is 0.174. The number of benzene rings is 2. The molecule has 1 atom stereocenters. The Morgan fingerprint density at radius 1 is 1.04 bits per heavy atom. The van der Waals surface area contributed by atoms with E-state index in [2.05, 4.69) is 19.2 Å². The lowest BCUT2D eigenvalue weighted by Gasteiger charge is -2.20.